The Morgan fingerprint density at radius 1 is 1.38 bits per heavy atom. The summed E-state index contributed by atoms with van der Waals surface area (Å²) in [7, 11) is 0. The number of hydrogen-bond donors (Lipinski definition) is 1. The van der Waals surface area contributed by atoms with Crippen LogP contribution in [0.3, 0.4) is 0 Å². The number of halogens is 1. The molecule has 0 unspecified atom stereocenters. The van der Waals surface area contributed by atoms with Crippen molar-refractivity contribution in [1.29, 1.82) is 0 Å². The van der Waals surface area contributed by atoms with Gasteiger partial charge in [-0.3, -0.25) is 9.69 Å². The van der Waals surface area contributed by atoms with E-state index in [2.05, 4.69) is 39.3 Å². The molecule has 1 N–H and O–H groups in total. The van der Waals surface area contributed by atoms with Gasteiger partial charge < -0.3 is 10.2 Å². The summed E-state index contributed by atoms with van der Waals surface area (Å²) >= 11 is 1.75. The topological polar surface area (TPSA) is 48.5 Å². The number of piperazine rings is 1. The van der Waals surface area contributed by atoms with Gasteiger partial charge in [0.15, 0.2) is 0 Å². The Bertz CT molecular complexity index is 530. The van der Waals surface area contributed by atoms with Crippen LogP contribution in [0.5, 0.6) is 0 Å². The van der Waals surface area contributed by atoms with E-state index in [1.807, 2.05) is 0 Å². The average Bonchev–Trinajstić information content (AvgIpc) is 3.02. The molecule has 0 spiro atoms. The fourth-order valence-corrected chi connectivity index (χ4v) is 4.29. The van der Waals surface area contributed by atoms with E-state index in [0.717, 1.165) is 58.5 Å². The highest BCUT2D eigenvalue weighted by molar-refractivity contribution is 7.09. The molecule has 0 radical (unpaired) electrons. The maximum Gasteiger partial charge on any atom is 0.225 e. The van der Waals surface area contributed by atoms with Crippen molar-refractivity contribution in [3.8, 4) is 0 Å². The number of nitrogens with zero attached hydrogens (tertiary/aromatic N) is 3. The number of aromatic nitrogens is 1. The number of nitrogens with one attached hydrogen (secondary N) is 1. The molecule has 24 heavy (non-hydrogen) atoms. The van der Waals surface area contributed by atoms with E-state index in [9.17, 15) is 4.79 Å². The smallest absolute Gasteiger partial charge is 0.225 e. The fourth-order valence-electron chi connectivity index (χ4n) is 3.55. The summed E-state index contributed by atoms with van der Waals surface area (Å²) in [5.41, 5.74) is 1.18. The molecule has 1 aromatic heterocycles. The number of hydrogen-bond acceptors (Lipinski definition) is 5. The molecule has 0 bridgehead atoms. The number of amides is 1. The van der Waals surface area contributed by atoms with Crippen LogP contribution in [0.1, 0.15) is 37.4 Å². The quantitative estimate of drug-likeness (QED) is 0.879. The lowest BCUT2D eigenvalue weighted by atomic mass is 9.92. The van der Waals surface area contributed by atoms with Gasteiger partial charge in [0.2, 0.25) is 5.91 Å². The minimum absolute atomic E-state index is 0. The third-order valence-corrected chi connectivity index (χ3v) is 5.99. The second-order valence-corrected chi connectivity index (χ2v) is 7.71. The first-order valence-corrected chi connectivity index (χ1v) is 9.71. The van der Waals surface area contributed by atoms with Gasteiger partial charge in [-0.1, -0.05) is 6.92 Å². The van der Waals surface area contributed by atoms with E-state index < -0.39 is 0 Å². The van der Waals surface area contributed by atoms with Gasteiger partial charge in [-0.25, -0.2) is 4.98 Å². The lowest BCUT2D eigenvalue weighted by Gasteiger charge is -2.37. The van der Waals surface area contributed by atoms with E-state index in [1.54, 1.807) is 11.3 Å². The van der Waals surface area contributed by atoms with Crippen molar-refractivity contribution in [2.24, 2.45) is 5.92 Å². The normalized spacial score (nSPS) is 25.3. The third-order valence-electron chi connectivity index (χ3n) is 4.94. The van der Waals surface area contributed by atoms with Crippen LogP contribution in [0.2, 0.25) is 0 Å². The maximum atomic E-state index is 12.7. The number of rotatable bonds is 4. The molecule has 7 heteroatoms. The molecule has 5 nitrogen and oxygen atoms in total. The van der Waals surface area contributed by atoms with Crippen molar-refractivity contribution >= 4 is 29.7 Å². The molecule has 2 aliphatic rings. The predicted octanol–water partition coefficient (Wildman–Crippen LogP) is 2.16. The molecule has 1 aromatic rings. The highest BCUT2D eigenvalue weighted by Crippen LogP contribution is 2.20. The molecule has 2 fully saturated rings. The van der Waals surface area contributed by atoms with Crippen LogP contribution in [-0.2, 0) is 17.8 Å². The summed E-state index contributed by atoms with van der Waals surface area (Å²) in [5, 5.41) is 6.82. The van der Waals surface area contributed by atoms with Crippen LogP contribution in [0.4, 0.5) is 0 Å². The zero-order valence-corrected chi connectivity index (χ0v) is 16.3. The number of thiazole rings is 1. The first-order valence-electron chi connectivity index (χ1n) is 8.83. The van der Waals surface area contributed by atoms with E-state index in [-0.39, 0.29) is 18.3 Å². The van der Waals surface area contributed by atoms with Crippen LogP contribution in [0.15, 0.2) is 5.38 Å². The summed E-state index contributed by atoms with van der Waals surface area (Å²) in [6, 6.07) is 0.469. The van der Waals surface area contributed by atoms with Gasteiger partial charge in [-0.2, -0.15) is 0 Å². The SMILES string of the molecule is CCc1nc(CN2CCN(C(=O)[C@H]3CCN[C@@H](C)C3)CC2)cs1.Cl. The summed E-state index contributed by atoms with van der Waals surface area (Å²) in [5.74, 6) is 0.600. The molecule has 1 amide bonds. The first-order chi connectivity index (χ1) is 11.2. The zero-order valence-electron chi connectivity index (χ0n) is 14.7. The zero-order chi connectivity index (χ0) is 16.2. The Labute approximate surface area is 155 Å². The number of piperidine rings is 1. The molecule has 2 aliphatic heterocycles. The Morgan fingerprint density at radius 3 is 2.75 bits per heavy atom. The minimum Gasteiger partial charge on any atom is -0.340 e. The Hall–Kier alpha value is -0.690. The molecule has 2 atom stereocenters. The first kappa shape index (κ1) is 19.6. The van der Waals surface area contributed by atoms with Crippen molar-refractivity contribution in [3.63, 3.8) is 0 Å². The van der Waals surface area contributed by atoms with Gasteiger partial charge in [0.25, 0.3) is 0 Å². The number of aryl methyl sites for hydroxylation is 1. The van der Waals surface area contributed by atoms with Gasteiger partial charge in [-0.05, 0) is 32.7 Å². The Balaban J connectivity index is 0.00000208. The fraction of sp³-hybridized carbons (Fsp3) is 0.765. The van der Waals surface area contributed by atoms with Crippen LogP contribution >= 0.6 is 23.7 Å². The van der Waals surface area contributed by atoms with E-state index in [1.165, 1.54) is 10.7 Å². The minimum atomic E-state index is 0. The molecular weight excluding hydrogens is 344 g/mol. The lowest BCUT2D eigenvalue weighted by Crippen LogP contribution is -2.51. The molecule has 0 aromatic carbocycles. The molecule has 3 heterocycles. The van der Waals surface area contributed by atoms with Crippen LogP contribution in [0.25, 0.3) is 0 Å². The summed E-state index contributed by atoms with van der Waals surface area (Å²) in [6.45, 7) is 9.87. The molecule has 136 valence electrons. The summed E-state index contributed by atoms with van der Waals surface area (Å²) < 4.78 is 0. The molecule has 0 saturated carbocycles. The molecule has 3 rings (SSSR count). The molecule has 0 aliphatic carbocycles. The lowest BCUT2D eigenvalue weighted by molar-refractivity contribution is -0.138. The van der Waals surface area contributed by atoms with Crippen LogP contribution < -0.4 is 5.32 Å². The monoisotopic (exact) mass is 372 g/mol. The van der Waals surface area contributed by atoms with Gasteiger partial charge in [0.05, 0.1) is 10.7 Å². The average molecular weight is 373 g/mol. The van der Waals surface area contributed by atoms with Crippen LogP contribution in [-0.4, -0.2) is 59.5 Å². The van der Waals surface area contributed by atoms with Gasteiger partial charge in [-0.15, -0.1) is 23.7 Å². The third kappa shape index (κ3) is 4.91. The van der Waals surface area contributed by atoms with Crippen molar-refractivity contribution in [2.75, 3.05) is 32.7 Å². The highest BCUT2D eigenvalue weighted by atomic mass is 35.5. The summed E-state index contributed by atoms with van der Waals surface area (Å²) in [4.78, 5) is 21.8. The largest absolute Gasteiger partial charge is 0.340 e. The van der Waals surface area contributed by atoms with Crippen molar-refractivity contribution in [1.82, 2.24) is 20.1 Å². The molecular formula is C17H29ClN4OS. The van der Waals surface area contributed by atoms with Gasteiger partial charge >= 0.3 is 0 Å². The summed E-state index contributed by atoms with van der Waals surface area (Å²) in [6.07, 6.45) is 2.99. The van der Waals surface area contributed by atoms with Crippen molar-refractivity contribution in [3.05, 3.63) is 16.1 Å². The van der Waals surface area contributed by atoms with Gasteiger partial charge in [0.1, 0.15) is 0 Å². The Kier molecular flexibility index (Phi) is 7.47. The van der Waals surface area contributed by atoms with E-state index >= 15 is 0 Å². The number of carbonyl (C=O) groups is 1. The van der Waals surface area contributed by atoms with E-state index in [0.29, 0.717) is 11.9 Å². The number of carbonyl (C=O) groups excluding carboxylic acids is 1. The molecule has 2 saturated heterocycles. The maximum absolute atomic E-state index is 12.7. The standard InChI is InChI=1S/C17H28N4OS.ClH/c1-3-16-19-15(12-23-16)11-20-6-8-21(9-7-20)17(22)14-4-5-18-13(2)10-14;/h12-14,18H,3-11H2,1-2H3;1H/t13-,14-;/m0./s1. The Morgan fingerprint density at radius 2 is 2.12 bits per heavy atom. The predicted molar refractivity (Wildman–Crippen MR) is 101 cm³/mol. The van der Waals surface area contributed by atoms with Crippen molar-refractivity contribution < 1.29 is 4.79 Å². The van der Waals surface area contributed by atoms with Crippen LogP contribution in [0, 0.1) is 5.92 Å². The van der Waals surface area contributed by atoms with Crippen molar-refractivity contribution in [2.45, 2.75) is 45.7 Å². The highest BCUT2D eigenvalue weighted by Gasteiger charge is 2.30. The second kappa shape index (κ2) is 9.13. The second-order valence-electron chi connectivity index (χ2n) is 6.76. The van der Waals surface area contributed by atoms with E-state index in [4.69, 9.17) is 0 Å². The van der Waals surface area contributed by atoms with Gasteiger partial charge in [0, 0.05) is 50.1 Å².